The number of imide groups is 1. The molecule has 3 fully saturated rings. The molecule has 0 bridgehead atoms. The smallest absolute Gasteiger partial charge is 0.291 e. The molecule has 1 aromatic rings. The van der Waals surface area contributed by atoms with Crippen molar-refractivity contribution in [1.29, 1.82) is 0 Å². The highest BCUT2D eigenvalue weighted by molar-refractivity contribution is 6.14. The molecule has 7 nitrogen and oxygen atoms in total. The van der Waals surface area contributed by atoms with Gasteiger partial charge in [0.1, 0.15) is 17.9 Å². The number of carbonyl (C=O) groups excluding carboxylic acids is 3. The Morgan fingerprint density at radius 1 is 1.28 bits per heavy atom. The largest absolute Gasteiger partial charge is 0.385 e. The van der Waals surface area contributed by atoms with Crippen molar-refractivity contribution in [2.45, 2.75) is 44.2 Å². The van der Waals surface area contributed by atoms with Crippen LogP contribution in [0, 0.1) is 11.8 Å². The Balaban J connectivity index is 1.64. The lowest BCUT2D eigenvalue weighted by Gasteiger charge is -2.33. The van der Waals surface area contributed by atoms with E-state index in [2.05, 4.69) is 12.2 Å². The number of fused-ring (bicyclic) bond motifs is 7. The lowest BCUT2D eigenvalue weighted by Crippen LogP contribution is -3.19. The summed E-state index contributed by atoms with van der Waals surface area (Å²) in [6.07, 6.45) is 3.29. The van der Waals surface area contributed by atoms with Gasteiger partial charge >= 0.3 is 0 Å². The summed E-state index contributed by atoms with van der Waals surface area (Å²) in [5, 5.41) is 3.12. The molecule has 2 N–H and O–H groups in total. The van der Waals surface area contributed by atoms with Crippen molar-refractivity contribution < 1.29 is 24.0 Å². The van der Waals surface area contributed by atoms with Crippen LogP contribution >= 0.6 is 0 Å². The molecule has 0 radical (unpaired) electrons. The highest BCUT2D eigenvalue weighted by atomic mass is 16.5. The summed E-state index contributed by atoms with van der Waals surface area (Å²) in [4.78, 5) is 43.0. The molecule has 0 aliphatic carbocycles. The molecule has 4 heterocycles. The lowest BCUT2D eigenvalue weighted by molar-refractivity contribution is -0.948. The van der Waals surface area contributed by atoms with E-state index in [1.807, 2.05) is 18.2 Å². The number of para-hydroxylation sites is 1. The van der Waals surface area contributed by atoms with Crippen molar-refractivity contribution >= 4 is 23.4 Å². The fraction of sp³-hybridized carbons (Fsp3) is 0.591. The number of amides is 3. The number of rotatable bonds is 5. The fourth-order valence-corrected chi connectivity index (χ4v) is 6.49. The summed E-state index contributed by atoms with van der Waals surface area (Å²) in [5.74, 6) is -1.38. The second kappa shape index (κ2) is 6.64. The van der Waals surface area contributed by atoms with Crippen molar-refractivity contribution in [2.24, 2.45) is 11.8 Å². The molecule has 1 unspecified atom stereocenters. The molecule has 154 valence electrons. The summed E-state index contributed by atoms with van der Waals surface area (Å²) >= 11 is 0. The standard InChI is InChI=1S/C22H27N3O4/c1-3-13-7-4-8-14-18(13)23-21(28)22(14)17-16(15-9-5-11-25(15)22)19(26)24(20(17)27)10-6-12-29-2/h4,7-8,15-17H,3,5-6,9-12H2,1-2H3,(H,23,28)/p+1/t15-,16-,17+,22+/m1/s1. The third-order valence-electron chi connectivity index (χ3n) is 7.54. The van der Waals surface area contributed by atoms with Gasteiger partial charge in [0.2, 0.25) is 17.4 Å². The fourth-order valence-electron chi connectivity index (χ4n) is 6.49. The zero-order chi connectivity index (χ0) is 20.3. The van der Waals surface area contributed by atoms with Crippen LogP contribution in [0.3, 0.4) is 0 Å². The van der Waals surface area contributed by atoms with Crippen LogP contribution in [0.1, 0.15) is 37.3 Å². The van der Waals surface area contributed by atoms with Crippen LogP contribution in [-0.4, -0.2) is 55.5 Å². The summed E-state index contributed by atoms with van der Waals surface area (Å²) in [7, 11) is 1.61. The second-order valence-corrected chi connectivity index (χ2v) is 8.66. The maximum absolute atomic E-state index is 13.6. The number of likely N-dealkylation sites (tertiary alicyclic amines) is 1. The molecule has 4 aliphatic rings. The average molecular weight is 398 g/mol. The minimum atomic E-state index is -0.977. The van der Waals surface area contributed by atoms with Crippen LogP contribution in [0.25, 0.3) is 0 Å². The summed E-state index contributed by atoms with van der Waals surface area (Å²) in [6.45, 7) is 3.75. The molecule has 3 saturated heterocycles. The SMILES string of the molecule is CCc1cccc2c1NC(=O)[C@@]21[C@@H]2C(=O)N(CCCOC)C(=O)[C@@H]2[C@H]2CCC[NH+]21. The predicted molar refractivity (Wildman–Crippen MR) is 105 cm³/mol. The molecular weight excluding hydrogens is 370 g/mol. The van der Waals surface area contributed by atoms with Crippen LogP contribution in [0.5, 0.6) is 0 Å². The third kappa shape index (κ3) is 2.23. The van der Waals surface area contributed by atoms with Gasteiger partial charge in [-0.1, -0.05) is 25.1 Å². The molecule has 5 atom stereocenters. The zero-order valence-electron chi connectivity index (χ0n) is 17.0. The number of anilines is 1. The van der Waals surface area contributed by atoms with E-state index in [9.17, 15) is 14.4 Å². The van der Waals surface area contributed by atoms with E-state index in [4.69, 9.17) is 4.74 Å². The number of aryl methyl sites for hydroxylation is 1. The Labute approximate surface area is 170 Å². The van der Waals surface area contributed by atoms with Gasteiger partial charge in [0.25, 0.3) is 5.91 Å². The van der Waals surface area contributed by atoms with Crippen LogP contribution < -0.4 is 10.2 Å². The minimum Gasteiger partial charge on any atom is -0.385 e. The van der Waals surface area contributed by atoms with Gasteiger partial charge in [0.15, 0.2) is 0 Å². The monoisotopic (exact) mass is 398 g/mol. The van der Waals surface area contributed by atoms with Crippen LogP contribution in [0.15, 0.2) is 18.2 Å². The molecule has 29 heavy (non-hydrogen) atoms. The van der Waals surface area contributed by atoms with E-state index in [-0.39, 0.29) is 23.8 Å². The Kier molecular flexibility index (Phi) is 4.29. The van der Waals surface area contributed by atoms with Gasteiger partial charge in [0.05, 0.1) is 12.2 Å². The van der Waals surface area contributed by atoms with E-state index in [0.717, 1.165) is 47.5 Å². The number of quaternary nitrogens is 1. The Morgan fingerprint density at radius 2 is 2.10 bits per heavy atom. The van der Waals surface area contributed by atoms with Gasteiger partial charge in [-0.15, -0.1) is 0 Å². The Bertz CT molecular complexity index is 900. The van der Waals surface area contributed by atoms with Gasteiger partial charge < -0.3 is 15.0 Å². The van der Waals surface area contributed by atoms with Gasteiger partial charge in [-0.3, -0.25) is 19.3 Å². The molecule has 7 heteroatoms. The third-order valence-corrected chi connectivity index (χ3v) is 7.54. The number of benzene rings is 1. The quantitative estimate of drug-likeness (QED) is 0.545. The summed E-state index contributed by atoms with van der Waals surface area (Å²) in [6, 6.07) is 6.03. The number of hydrogen-bond acceptors (Lipinski definition) is 4. The highest BCUT2D eigenvalue weighted by Crippen LogP contribution is 2.52. The van der Waals surface area contributed by atoms with Crippen LogP contribution in [-0.2, 0) is 31.1 Å². The van der Waals surface area contributed by atoms with E-state index in [1.54, 1.807) is 7.11 Å². The van der Waals surface area contributed by atoms with E-state index < -0.39 is 17.4 Å². The molecule has 0 saturated carbocycles. The first kappa shape index (κ1) is 18.8. The molecule has 5 rings (SSSR count). The maximum atomic E-state index is 13.6. The number of methoxy groups -OCH3 is 1. The normalized spacial score (nSPS) is 34.7. The molecule has 1 spiro atoms. The number of ether oxygens (including phenoxy) is 1. The van der Waals surface area contributed by atoms with Crippen molar-refractivity contribution in [3.05, 3.63) is 29.3 Å². The van der Waals surface area contributed by atoms with Crippen molar-refractivity contribution in [1.82, 2.24) is 4.90 Å². The minimum absolute atomic E-state index is 0.0332. The van der Waals surface area contributed by atoms with Gasteiger partial charge in [-0.25, -0.2) is 0 Å². The van der Waals surface area contributed by atoms with Crippen molar-refractivity contribution in [2.75, 3.05) is 32.1 Å². The Hall–Kier alpha value is -2.25. The molecule has 4 aliphatic heterocycles. The van der Waals surface area contributed by atoms with E-state index >= 15 is 0 Å². The van der Waals surface area contributed by atoms with Gasteiger partial charge in [-0.2, -0.15) is 0 Å². The van der Waals surface area contributed by atoms with Crippen LogP contribution in [0.2, 0.25) is 0 Å². The molecule has 1 aromatic carbocycles. The summed E-state index contributed by atoms with van der Waals surface area (Å²) in [5.41, 5.74) is 1.88. The van der Waals surface area contributed by atoms with E-state index in [0.29, 0.717) is 19.6 Å². The average Bonchev–Trinajstić information content (AvgIpc) is 3.42. The summed E-state index contributed by atoms with van der Waals surface area (Å²) < 4.78 is 5.10. The first-order valence-corrected chi connectivity index (χ1v) is 10.7. The van der Waals surface area contributed by atoms with E-state index in [1.165, 1.54) is 4.90 Å². The maximum Gasteiger partial charge on any atom is 0.291 e. The zero-order valence-corrected chi connectivity index (χ0v) is 17.0. The molecule has 0 aromatic heterocycles. The first-order chi connectivity index (χ1) is 14.1. The number of carbonyl (C=O) groups is 3. The van der Waals surface area contributed by atoms with Crippen molar-refractivity contribution in [3.8, 4) is 0 Å². The number of hydrogen-bond donors (Lipinski definition) is 2. The number of nitrogens with one attached hydrogen (secondary N) is 2. The lowest BCUT2D eigenvalue weighted by atomic mass is 9.75. The number of nitrogens with zero attached hydrogens (tertiary/aromatic N) is 1. The highest BCUT2D eigenvalue weighted by Gasteiger charge is 2.78. The van der Waals surface area contributed by atoms with Crippen molar-refractivity contribution in [3.63, 3.8) is 0 Å². The first-order valence-electron chi connectivity index (χ1n) is 10.7. The second-order valence-electron chi connectivity index (χ2n) is 8.66. The topological polar surface area (TPSA) is 80.2 Å². The Morgan fingerprint density at radius 3 is 2.86 bits per heavy atom. The van der Waals surface area contributed by atoms with Crippen LogP contribution in [0.4, 0.5) is 5.69 Å². The molecule has 3 amide bonds. The van der Waals surface area contributed by atoms with Gasteiger partial charge in [0, 0.05) is 38.7 Å². The predicted octanol–water partition coefficient (Wildman–Crippen LogP) is 0.0950. The molecular formula is C22H28N3O4+. The van der Waals surface area contributed by atoms with Gasteiger partial charge in [-0.05, 0) is 18.4 Å².